The van der Waals surface area contributed by atoms with E-state index in [4.69, 9.17) is 0 Å². The third-order valence-electron chi connectivity index (χ3n) is 3.93. The average molecular weight is 181 g/mol. The fourth-order valence-electron chi connectivity index (χ4n) is 3.08. The van der Waals surface area contributed by atoms with Crippen molar-refractivity contribution < 1.29 is 4.79 Å². The Morgan fingerprint density at radius 1 is 1.31 bits per heavy atom. The summed E-state index contributed by atoms with van der Waals surface area (Å²) in [6, 6.07) is 1.36. The van der Waals surface area contributed by atoms with E-state index >= 15 is 0 Å². The first-order valence-corrected chi connectivity index (χ1v) is 5.48. The summed E-state index contributed by atoms with van der Waals surface area (Å²) in [6.45, 7) is 1.99. The van der Waals surface area contributed by atoms with Crippen LogP contribution in [0.25, 0.3) is 0 Å². The van der Waals surface area contributed by atoms with Gasteiger partial charge in [0.05, 0.1) is 0 Å². The van der Waals surface area contributed by atoms with Crippen LogP contribution in [0, 0.1) is 5.92 Å². The molecule has 0 saturated carbocycles. The van der Waals surface area contributed by atoms with Crippen LogP contribution in [0.15, 0.2) is 0 Å². The van der Waals surface area contributed by atoms with E-state index in [0.717, 1.165) is 18.9 Å². The van der Waals surface area contributed by atoms with Crippen LogP contribution in [-0.4, -0.2) is 29.8 Å². The van der Waals surface area contributed by atoms with Gasteiger partial charge in [-0.1, -0.05) is 6.92 Å². The van der Waals surface area contributed by atoms with Crippen molar-refractivity contribution >= 4 is 5.78 Å². The number of ketones is 1. The quantitative estimate of drug-likeness (QED) is 0.648. The molecule has 2 rings (SSSR count). The van der Waals surface area contributed by atoms with Crippen molar-refractivity contribution in [1.82, 2.24) is 4.90 Å². The molecule has 74 valence electrons. The molecule has 0 aromatic heterocycles. The van der Waals surface area contributed by atoms with Gasteiger partial charge in [-0.05, 0) is 32.7 Å². The molecule has 0 spiro atoms. The molecule has 2 aliphatic rings. The molecule has 0 unspecified atom stereocenters. The molecule has 2 saturated heterocycles. The molecule has 0 amide bonds. The second-order valence-corrected chi connectivity index (χ2v) is 4.47. The first-order valence-electron chi connectivity index (χ1n) is 5.48. The molecule has 2 heteroatoms. The smallest absolute Gasteiger partial charge is 0.137 e. The fraction of sp³-hybridized carbons (Fsp3) is 0.909. The van der Waals surface area contributed by atoms with E-state index in [1.165, 1.54) is 19.3 Å². The van der Waals surface area contributed by atoms with E-state index in [-0.39, 0.29) is 0 Å². The number of hydrogen-bond donors (Lipinski definition) is 0. The van der Waals surface area contributed by atoms with E-state index in [0.29, 0.717) is 17.7 Å². The van der Waals surface area contributed by atoms with Crippen LogP contribution in [0.3, 0.4) is 0 Å². The number of nitrogens with zero attached hydrogens (tertiary/aromatic N) is 1. The minimum Gasteiger partial charge on any atom is -0.300 e. The highest BCUT2D eigenvalue weighted by Crippen LogP contribution is 2.38. The summed E-state index contributed by atoms with van der Waals surface area (Å²) in [5.41, 5.74) is 0. The molecule has 0 N–H and O–H groups in total. The zero-order valence-corrected chi connectivity index (χ0v) is 8.62. The number of Topliss-reactive ketones (excluding diaryl/α,β-unsaturated/α-hetero) is 1. The molecular weight excluding hydrogens is 162 g/mol. The second kappa shape index (κ2) is 3.41. The number of fused-ring (bicyclic) bond motifs is 2. The Labute approximate surface area is 80.3 Å². The summed E-state index contributed by atoms with van der Waals surface area (Å²) in [5.74, 6) is 0.839. The number of rotatable bonds is 2. The third kappa shape index (κ3) is 1.41. The van der Waals surface area contributed by atoms with Crippen molar-refractivity contribution in [2.45, 2.75) is 51.1 Å². The maximum Gasteiger partial charge on any atom is 0.137 e. The molecule has 2 nitrogen and oxygen atoms in total. The van der Waals surface area contributed by atoms with Crippen LogP contribution < -0.4 is 0 Å². The van der Waals surface area contributed by atoms with Gasteiger partial charge in [-0.3, -0.25) is 9.69 Å². The van der Waals surface area contributed by atoms with Crippen molar-refractivity contribution in [1.29, 1.82) is 0 Å². The second-order valence-electron chi connectivity index (χ2n) is 4.47. The molecule has 2 bridgehead atoms. The topological polar surface area (TPSA) is 20.3 Å². The number of carbonyl (C=O) groups excluding carboxylic acids is 1. The highest BCUT2D eigenvalue weighted by molar-refractivity contribution is 5.81. The van der Waals surface area contributed by atoms with Gasteiger partial charge in [-0.25, -0.2) is 0 Å². The molecule has 2 fully saturated rings. The van der Waals surface area contributed by atoms with Crippen LogP contribution in [0.1, 0.15) is 39.0 Å². The van der Waals surface area contributed by atoms with E-state index < -0.39 is 0 Å². The van der Waals surface area contributed by atoms with Crippen LogP contribution >= 0.6 is 0 Å². The first kappa shape index (κ1) is 9.20. The molecule has 3 atom stereocenters. The molecular formula is C11H19NO. The summed E-state index contributed by atoms with van der Waals surface area (Å²) in [7, 11) is 2.19. The summed E-state index contributed by atoms with van der Waals surface area (Å²) < 4.78 is 0. The van der Waals surface area contributed by atoms with Gasteiger partial charge in [0.1, 0.15) is 5.78 Å². The van der Waals surface area contributed by atoms with Crippen LogP contribution in [-0.2, 0) is 4.79 Å². The van der Waals surface area contributed by atoms with Crippen LogP contribution in [0.4, 0.5) is 0 Å². The van der Waals surface area contributed by atoms with E-state index in [9.17, 15) is 4.79 Å². The van der Waals surface area contributed by atoms with Gasteiger partial charge in [-0.15, -0.1) is 0 Å². The Morgan fingerprint density at radius 3 is 2.69 bits per heavy atom. The molecule has 0 aliphatic carbocycles. The molecule has 0 aromatic rings. The number of carbonyl (C=O) groups is 1. The SMILES string of the molecule is CCC(=O)[C@H]1CC[C@@H]2CC[C@H]1N2C. The summed E-state index contributed by atoms with van der Waals surface area (Å²) in [4.78, 5) is 14.1. The Morgan fingerprint density at radius 2 is 2.00 bits per heavy atom. The van der Waals surface area contributed by atoms with Crippen molar-refractivity contribution in [3.8, 4) is 0 Å². The molecule has 2 heterocycles. The molecule has 13 heavy (non-hydrogen) atoms. The van der Waals surface area contributed by atoms with Gasteiger partial charge in [0, 0.05) is 24.4 Å². The van der Waals surface area contributed by atoms with E-state index in [1.54, 1.807) is 0 Å². The predicted octanol–water partition coefficient (Wildman–Crippen LogP) is 1.84. The minimum absolute atomic E-state index is 0.355. The lowest BCUT2D eigenvalue weighted by Crippen LogP contribution is -2.44. The van der Waals surface area contributed by atoms with Crippen molar-refractivity contribution in [3.05, 3.63) is 0 Å². The van der Waals surface area contributed by atoms with Crippen LogP contribution in [0.5, 0.6) is 0 Å². The standard InChI is InChI=1S/C11H19NO/c1-3-11(13)9-6-4-8-5-7-10(9)12(8)2/h8-10H,3-7H2,1-2H3/t8-,9+,10-/m1/s1. The lowest BCUT2D eigenvalue weighted by Gasteiger charge is -2.36. The van der Waals surface area contributed by atoms with E-state index in [1.807, 2.05) is 6.92 Å². The number of hydrogen-bond acceptors (Lipinski definition) is 2. The van der Waals surface area contributed by atoms with Gasteiger partial charge in [0.25, 0.3) is 0 Å². The number of piperidine rings is 1. The lowest BCUT2D eigenvalue weighted by atomic mass is 9.86. The van der Waals surface area contributed by atoms with E-state index in [2.05, 4.69) is 11.9 Å². The largest absolute Gasteiger partial charge is 0.300 e. The zero-order chi connectivity index (χ0) is 9.42. The van der Waals surface area contributed by atoms with Crippen LogP contribution in [0.2, 0.25) is 0 Å². The average Bonchev–Trinajstić information content (AvgIpc) is 2.41. The molecule has 0 aromatic carbocycles. The Hall–Kier alpha value is -0.370. The Bertz CT molecular complexity index is 214. The fourth-order valence-corrected chi connectivity index (χ4v) is 3.08. The zero-order valence-electron chi connectivity index (χ0n) is 8.62. The highest BCUT2D eigenvalue weighted by atomic mass is 16.1. The van der Waals surface area contributed by atoms with Gasteiger partial charge >= 0.3 is 0 Å². The lowest BCUT2D eigenvalue weighted by molar-refractivity contribution is -0.125. The maximum absolute atomic E-state index is 11.7. The molecule has 2 aliphatic heterocycles. The summed E-state index contributed by atoms with van der Waals surface area (Å²) in [5, 5.41) is 0. The minimum atomic E-state index is 0.355. The predicted molar refractivity (Wildman–Crippen MR) is 52.6 cm³/mol. The van der Waals surface area contributed by atoms with Gasteiger partial charge in [0.2, 0.25) is 0 Å². The Kier molecular flexibility index (Phi) is 2.41. The Balaban J connectivity index is 2.10. The van der Waals surface area contributed by atoms with Crippen molar-refractivity contribution in [2.75, 3.05) is 7.05 Å². The highest BCUT2D eigenvalue weighted by Gasteiger charge is 2.42. The summed E-state index contributed by atoms with van der Waals surface area (Å²) >= 11 is 0. The van der Waals surface area contributed by atoms with Gasteiger partial charge in [0.15, 0.2) is 0 Å². The summed E-state index contributed by atoms with van der Waals surface area (Å²) in [6.07, 6.45) is 5.67. The monoisotopic (exact) mass is 181 g/mol. The third-order valence-corrected chi connectivity index (χ3v) is 3.93. The van der Waals surface area contributed by atoms with Crippen molar-refractivity contribution in [2.24, 2.45) is 5.92 Å². The van der Waals surface area contributed by atoms with Gasteiger partial charge < -0.3 is 0 Å². The first-order chi connectivity index (χ1) is 6.24. The molecule has 0 radical (unpaired) electrons. The van der Waals surface area contributed by atoms with Gasteiger partial charge in [-0.2, -0.15) is 0 Å². The van der Waals surface area contributed by atoms with Crippen molar-refractivity contribution in [3.63, 3.8) is 0 Å². The normalized spacial score (nSPS) is 39.4. The maximum atomic E-state index is 11.7.